The Labute approximate surface area is 112 Å². The molecule has 0 spiro atoms. The molecule has 0 aliphatic heterocycles. The molecule has 2 aromatic rings. The molecule has 0 aliphatic rings. The van der Waals surface area contributed by atoms with Crippen LogP contribution in [0.5, 0.6) is 0 Å². The number of nitrogens with zero attached hydrogens (tertiary/aromatic N) is 3. The topological polar surface area (TPSA) is 58.1 Å². The fourth-order valence-electron chi connectivity index (χ4n) is 1.65. The molecule has 0 saturated carbocycles. The Kier molecular flexibility index (Phi) is 4.07. The van der Waals surface area contributed by atoms with Crippen LogP contribution in [0.3, 0.4) is 0 Å². The molecule has 1 aromatic heterocycles. The number of benzene rings is 1. The summed E-state index contributed by atoms with van der Waals surface area (Å²) in [4.78, 5) is 22.0. The molecule has 0 radical (unpaired) electrons. The van der Waals surface area contributed by atoms with Crippen molar-refractivity contribution in [1.29, 1.82) is 0 Å². The van der Waals surface area contributed by atoms with Gasteiger partial charge in [-0.05, 0) is 19.1 Å². The molecule has 1 N–H and O–H groups in total. The summed E-state index contributed by atoms with van der Waals surface area (Å²) >= 11 is 0. The summed E-state index contributed by atoms with van der Waals surface area (Å²) in [6, 6.07) is 9.43. The number of hydrogen-bond acceptors (Lipinski definition) is 4. The molecule has 1 aromatic carbocycles. The monoisotopic (exact) mass is 256 g/mol. The third kappa shape index (κ3) is 3.07. The Morgan fingerprint density at radius 2 is 1.95 bits per heavy atom. The van der Waals surface area contributed by atoms with Gasteiger partial charge in [0.2, 0.25) is 0 Å². The van der Waals surface area contributed by atoms with Crippen LogP contribution in [-0.2, 0) is 0 Å². The van der Waals surface area contributed by atoms with E-state index >= 15 is 0 Å². The average molecular weight is 256 g/mol. The summed E-state index contributed by atoms with van der Waals surface area (Å²) in [7, 11) is 1.72. The number of aromatic nitrogens is 2. The molecule has 2 rings (SSSR count). The molecule has 0 atom stereocenters. The standard InChI is InChI=1S/C14H16N4O/c1-3-15-13-10-16-12(9-17-13)14(19)18(2)11-7-5-4-6-8-11/h4-10H,3H2,1-2H3,(H,15,17). The highest BCUT2D eigenvalue weighted by atomic mass is 16.2. The van der Waals surface area contributed by atoms with E-state index in [1.807, 2.05) is 37.3 Å². The van der Waals surface area contributed by atoms with E-state index in [0.717, 1.165) is 12.2 Å². The van der Waals surface area contributed by atoms with Crippen LogP contribution in [0.1, 0.15) is 17.4 Å². The number of nitrogens with one attached hydrogen (secondary N) is 1. The largest absolute Gasteiger partial charge is 0.369 e. The Morgan fingerprint density at radius 3 is 2.53 bits per heavy atom. The lowest BCUT2D eigenvalue weighted by Crippen LogP contribution is -2.27. The SMILES string of the molecule is CCNc1cnc(C(=O)N(C)c2ccccc2)cn1. The van der Waals surface area contributed by atoms with Gasteiger partial charge in [-0.1, -0.05) is 18.2 Å². The van der Waals surface area contributed by atoms with Crippen LogP contribution >= 0.6 is 0 Å². The molecule has 0 fully saturated rings. The summed E-state index contributed by atoms with van der Waals surface area (Å²) in [6.45, 7) is 2.75. The van der Waals surface area contributed by atoms with Crippen molar-refractivity contribution in [2.75, 3.05) is 23.8 Å². The van der Waals surface area contributed by atoms with Crippen molar-refractivity contribution in [3.05, 3.63) is 48.4 Å². The van der Waals surface area contributed by atoms with Crippen LogP contribution < -0.4 is 10.2 Å². The number of carbonyl (C=O) groups excluding carboxylic acids is 1. The van der Waals surface area contributed by atoms with Gasteiger partial charge in [-0.25, -0.2) is 9.97 Å². The summed E-state index contributed by atoms with van der Waals surface area (Å²) in [6.07, 6.45) is 3.05. The van der Waals surface area contributed by atoms with Crippen molar-refractivity contribution in [3.8, 4) is 0 Å². The fourth-order valence-corrected chi connectivity index (χ4v) is 1.65. The van der Waals surface area contributed by atoms with Crippen LogP contribution in [0.4, 0.5) is 11.5 Å². The van der Waals surface area contributed by atoms with Gasteiger partial charge in [0.15, 0.2) is 0 Å². The molecule has 1 amide bonds. The van der Waals surface area contributed by atoms with Gasteiger partial charge >= 0.3 is 0 Å². The van der Waals surface area contributed by atoms with Gasteiger partial charge in [0.05, 0.1) is 12.4 Å². The van der Waals surface area contributed by atoms with E-state index in [9.17, 15) is 4.79 Å². The Hall–Kier alpha value is -2.43. The van der Waals surface area contributed by atoms with Crippen LogP contribution in [0.2, 0.25) is 0 Å². The van der Waals surface area contributed by atoms with Gasteiger partial charge in [0.1, 0.15) is 11.5 Å². The Balaban J connectivity index is 2.15. The number of anilines is 2. The van der Waals surface area contributed by atoms with Crippen molar-refractivity contribution in [2.24, 2.45) is 0 Å². The number of hydrogen-bond donors (Lipinski definition) is 1. The predicted octanol–water partition coefficient (Wildman–Crippen LogP) is 2.18. The van der Waals surface area contributed by atoms with E-state index < -0.39 is 0 Å². The van der Waals surface area contributed by atoms with E-state index in [1.165, 1.54) is 6.20 Å². The molecule has 19 heavy (non-hydrogen) atoms. The third-order valence-corrected chi connectivity index (χ3v) is 2.68. The van der Waals surface area contributed by atoms with E-state index in [0.29, 0.717) is 11.5 Å². The number of amides is 1. The molecule has 1 heterocycles. The zero-order valence-corrected chi connectivity index (χ0v) is 11.0. The highest BCUT2D eigenvalue weighted by Gasteiger charge is 2.14. The second-order valence-electron chi connectivity index (χ2n) is 4.02. The maximum atomic E-state index is 12.2. The lowest BCUT2D eigenvalue weighted by atomic mass is 10.3. The first-order chi connectivity index (χ1) is 9.22. The Morgan fingerprint density at radius 1 is 1.21 bits per heavy atom. The number of carbonyl (C=O) groups is 1. The van der Waals surface area contributed by atoms with E-state index in [4.69, 9.17) is 0 Å². The summed E-state index contributed by atoms with van der Waals surface area (Å²) in [5.74, 6) is 0.489. The van der Waals surface area contributed by atoms with Crippen LogP contribution in [0.25, 0.3) is 0 Å². The smallest absolute Gasteiger partial charge is 0.278 e. The van der Waals surface area contributed by atoms with E-state index in [-0.39, 0.29) is 5.91 Å². The molecule has 0 unspecified atom stereocenters. The zero-order chi connectivity index (χ0) is 13.7. The molecule has 5 nitrogen and oxygen atoms in total. The zero-order valence-electron chi connectivity index (χ0n) is 11.0. The third-order valence-electron chi connectivity index (χ3n) is 2.68. The lowest BCUT2D eigenvalue weighted by molar-refractivity contribution is 0.0988. The van der Waals surface area contributed by atoms with Crippen molar-refractivity contribution in [1.82, 2.24) is 9.97 Å². The van der Waals surface area contributed by atoms with Crippen molar-refractivity contribution in [3.63, 3.8) is 0 Å². The molecule has 5 heteroatoms. The van der Waals surface area contributed by atoms with Gasteiger partial charge in [-0.3, -0.25) is 4.79 Å². The summed E-state index contributed by atoms with van der Waals surface area (Å²) < 4.78 is 0. The molecular formula is C14H16N4O. The van der Waals surface area contributed by atoms with Crippen LogP contribution in [-0.4, -0.2) is 29.5 Å². The van der Waals surface area contributed by atoms with Crippen molar-refractivity contribution < 1.29 is 4.79 Å². The number of rotatable bonds is 4. The molecular weight excluding hydrogens is 240 g/mol. The van der Waals surface area contributed by atoms with Gasteiger partial charge in [-0.15, -0.1) is 0 Å². The highest BCUT2D eigenvalue weighted by Crippen LogP contribution is 2.13. The molecule has 0 aliphatic carbocycles. The minimum Gasteiger partial charge on any atom is -0.369 e. The van der Waals surface area contributed by atoms with Crippen LogP contribution in [0, 0.1) is 0 Å². The lowest BCUT2D eigenvalue weighted by Gasteiger charge is -2.16. The second kappa shape index (κ2) is 5.95. The highest BCUT2D eigenvalue weighted by molar-refractivity contribution is 6.04. The molecule has 98 valence electrons. The van der Waals surface area contributed by atoms with Gasteiger partial charge in [0, 0.05) is 19.3 Å². The summed E-state index contributed by atoms with van der Waals surface area (Å²) in [5.41, 5.74) is 1.15. The first kappa shape index (κ1) is 13.0. The van der Waals surface area contributed by atoms with Gasteiger partial charge < -0.3 is 10.2 Å². The summed E-state index contributed by atoms with van der Waals surface area (Å²) in [5, 5.41) is 3.04. The Bertz CT molecular complexity index is 539. The minimum atomic E-state index is -0.179. The van der Waals surface area contributed by atoms with E-state index in [1.54, 1.807) is 18.1 Å². The predicted molar refractivity (Wildman–Crippen MR) is 75.4 cm³/mol. The molecule has 0 bridgehead atoms. The van der Waals surface area contributed by atoms with Crippen molar-refractivity contribution in [2.45, 2.75) is 6.92 Å². The second-order valence-corrected chi connectivity index (χ2v) is 4.02. The maximum Gasteiger partial charge on any atom is 0.278 e. The minimum absolute atomic E-state index is 0.179. The van der Waals surface area contributed by atoms with Gasteiger partial charge in [0.25, 0.3) is 5.91 Å². The average Bonchev–Trinajstić information content (AvgIpc) is 2.48. The normalized spacial score (nSPS) is 10.0. The van der Waals surface area contributed by atoms with Crippen LogP contribution in [0.15, 0.2) is 42.7 Å². The number of para-hydroxylation sites is 1. The molecule has 0 saturated heterocycles. The fraction of sp³-hybridized carbons (Fsp3) is 0.214. The van der Waals surface area contributed by atoms with E-state index in [2.05, 4.69) is 15.3 Å². The van der Waals surface area contributed by atoms with Crippen molar-refractivity contribution >= 4 is 17.4 Å². The first-order valence-corrected chi connectivity index (χ1v) is 6.11. The maximum absolute atomic E-state index is 12.2. The van der Waals surface area contributed by atoms with Gasteiger partial charge in [-0.2, -0.15) is 0 Å². The quantitative estimate of drug-likeness (QED) is 0.911. The first-order valence-electron chi connectivity index (χ1n) is 6.11.